The van der Waals surface area contributed by atoms with E-state index in [0.29, 0.717) is 18.3 Å². The quantitative estimate of drug-likeness (QED) is 0.838. The average molecular weight is 369 g/mol. The summed E-state index contributed by atoms with van der Waals surface area (Å²) in [6.07, 6.45) is 1.93. The third kappa shape index (κ3) is 2.76. The molecule has 0 spiro atoms. The summed E-state index contributed by atoms with van der Waals surface area (Å²) in [7, 11) is -4.03. The topological polar surface area (TPSA) is 89.6 Å². The Labute approximate surface area is 147 Å². The molecule has 1 aromatic rings. The Bertz CT molecular complexity index is 798. The van der Waals surface area contributed by atoms with Crippen LogP contribution >= 0.6 is 0 Å². The normalized spacial score (nSPS) is 40.1. The van der Waals surface area contributed by atoms with Gasteiger partial charge in [0, 0.05) is 0 Å². The van der Waals surface area contributed by atoms with Crippen LogP contribution in [0.4, 0.5) is 4.39 Å². The van der Waals surface area contributed by atoms with Gasteiger partial charge in [0.2, 0.25) is 0 Å². The van der Waals surface area contributed by atoms with Gasteiger partial charge in [0.15, 0.2) is 0 Å². The van der Waals surface area contributed by atoms with Gasteiger partial charge < -0.3 is 9.29 Å². The first-order chi connectivity index (χ1) is 11.7. The fourth-order valence-electron chi connectivity index (χ4n) is 5.69. The van der Waals surface area contributed by atoms with Crippen LogP contribution in [0.3, 0.4) is 0 Å². The van der Waals surface area contributed by atoms with Crippen LogP contribution in [0, 0.1) is 17.3 Å². The molecule has 0 aromatic heterocycles. The highest BCUT2D eigenvalue weighted by Gasteiger charge is 2.58. The van der Waals surface area contributed by atoms with Gasteiger partial charge in [-0.2, -0.15) is 13.6 Å². The highest BCUT2D eigenvalue weighted by Crippen LogP contribution is 2.61. The molecule has 138 valence electrons. The second-order valence-electron chi connectivity index (χ2n) is 8.09. The first-order valence-electron chi connectivity index (χ1n) is 8.86. The summed E-state index contributed by atoms with van der Waals surface area (Å²) < 4.78 is 41.2. The predicted octanol–water partition coefficient (Wildman–Crippen LogP) is 2.43. The van der Waals surface area contributed by atoms with Crippen molar-refractivity contribution in [3.8, 4) is 5.75 Å². The molecule has 0 amide bonds. The van der Waals surface area contributed by atoms with E-state index < -0.39 is 22.6 Å². The standard InChI is InChI=1S/C18H24FNO4S/c1-18-7-6-13-12-5-3-11(24-25(20,22)23)8-10(12)2-4-14(13)15(18)9-16(19)17(18)21/h3,5,8,13-17,21H,2,4,6-7,9H2,1H3,(H2,20,22,23)/t13-,14-,15+,16-,17+,18+/m1/s1. The Balaban J connectivity index is 1.64. The number of hydrogen-bond donors (Lipinski definition) is 2. The summed E-state index contributed by atoms with van der Waals surface area (Å²) in [4.78, 5) is 0. The molecule has 3 aliphatic rings. The summed E-state index contributed by atoms with van der Waals surface area (Å²) in [6.45, 7) is 2.04. The molecule has 4 rings (SSSR count). The molecule has 2 fully saturated rings. The number of aliphatic hydroxyl groups excluding tert-OH is 1. The molecule has 0 unspecified atom stereocenters. The largest absolute Gasteiger partial charge is 0.390 e. The van der Waals surface area contributed by atoms with E-state index in [-0.39, 0.29) is 17.1 Å². The van der Waals surface area contributed by atoms with Gasteiger partial charge in [0.25, 0.3) is 0 Å². The molecule has 5 nitrogen and oxygen atoms in total. The number of benzene rings is 1. The maximum atomic E-state index is 14.2. The highest BCUT2D eigenvalue weighted by molar-refractivity contribution is 7.84. The van der Waals surface area contributed by atoms with Gasteiger partial charge in [-0.1, -0.05) is 13.0 Å². The number of nitrogens with two attached hydrogens (primary N) is 1. The number of alkyl halides is 1. The molecule has 0 saturated heterocycles. The number of aryl methyl sites for hydroxylation is 1. The SMILES string of the molecule is C[C@]12CC[C@@H]3c4ccc(OS(N)(=O)=O)cc4CC[C@H]3[C@@H]1C[C@@H](F)[C@@H]2O. The molecule has 0 heterocycles. The molecule has 25 heavy (non-hydrogen) atoms. The second-order valence-corrected chi connectivity index (χ2v) is 9.25. The maximum Gasteiger partial charge on any atom is 0.380 e. The minimum absolute atomic E-state index is 0.199. The van der Waals surface area contributed by atoms with Crippen LogP contribution in [-0.4, -0.2) is 25.8 Å². The van der Waals surface area contributed by atoms with Crippen molar-refractivity contribution in [3.05, 3.63) is 29.3 Å². The molecule has 0 radical (unpaired) electrons. The lowest BCUT2D eigenvalue weighted by Gasteiger charge is -2.49. The van der Waals surface area contributed by atoms with Crippen LogP contribution in [-0.2, 0) is 16.7 Å². The molecule has 2 saturated carbocycles. The van der Waals surface area contributed by atoms with E-state index in [9.17, 15) is 17.9 Å². The van der Waals surface area contributed by atoms with Crippen LogP contribution in [0.2, 0.25) is 0 Å². The number of rotatable bonds is 2. The van der Waals surface area contributed by atoms with Gasteiger partial charge in [0.05, 0.1) is 6.10 Å². The van der Waals surface area contributed by atoms with Crippen molar-refractivity contribution in [1.29, 1.82) is 0 Å². The Hall–Kier alpha value is -1.18. The third-order valence-electron chi connectivity index (χ3n) is 6.85. The molecule has 7 heteroatoms. The van der Waals surface area contributed by atoms with E-state index >= 15 is 0 Å². The van der Waals surface area contributed by atoms with Gasteiger partial charge >= 0.3 is 10.3 Å². The van der Waals surface area contributed by atoms with Gasteiger partial charge in [-0.25, -0.2) is 4.39 Å². The smallest absolute Gasteiger partial charge is 0.380 e. The Morgan fingerprint density at radius 2 is 2.12 bits per heavy atom. The van der Waals surface area contributed by atoms with Crippen molar-refractivity contribution in [2.75, 3.05) is 0 Å². The van der Waals surface area contributed by atoms with Crippen LogP contribution in [0.1, 0.15) is 49.7 Å². The third-order valence-corrected chi connectivity index (χ3v) is 7.27. The zero-order valence-corrected chi connectivity index (χ0v) is 15.0. The molecule has 3 N–H and O–H groups in total. The van der Waals surface area contributed by atoms with E-state index in [2.05, 4.69) is 0 Å². The lowest BCUT2D eigenvalue weighted by atomic mass is 9.55. The van der Waals surface area contributed by atoms with Crippen LogP contribution in [0.25, 0.3) is 0 Å². The molecule has 0 aliphatic heterocycles. The maximum absolute atomic E-state index is 14.2. The summed E-state index contributed by atoms with van der Waals surface area (Å²) >= 11 is 0. The van der Waals surface area contributed by atoms with Gasteiger partial charge in [-0.3, -0.25) is 0 Å². The molecule has 1 aromatic carbocycles. The van der Waals surface area contributed by atoms with Gasteiger partial charge in [0.1, 0.15) is 11.9 Å². The fraction of sp³-hybridized carbons (Fsp3) is 0.667. The number of hydrogen-bond acceptors (Lipinski definition) is 4. The Kier molecular flexibility index (Phi) is 3.90. The number of aliphatic hydroxyl groups is 1. The first kappa shape index (κ1) is 17.2. The minimum Gasteiger partial charge on any atom is -0.390 e. The van der Waals surface area contributed by atoms with Crippen molar-refractivity contribution in [2.24, 2.45) is 22.4 Å². The zero-order chi connectivity index (χ0) is 18.0. The van der Waals surface area contributed by atoms with E-state index in [0.717, 1.165) is 31.2 Å². The number of halogens is 1. The van der Waals surface area contributed by atoms with Gasteiger partial charge in [-0.15, -0.1) is 0 Å². The molecular weight excluding hydrogens is 345 g/mol. The van der Waals surface area contributed by atoms with Crippen molar-refractivity contribution in [2.45, 2.75) is 57.2 Å². The van der Waals surface area contributed by atoms with Crippen molar-refractivity contribution in [1.82, 2.24) is 0 Å². The Morgan fingerprint density at radius 1 is 1.36 bits per heavy atom. The molecule has 3 aliphatic carbocycles. The monoisotopic (exact) mass is 369 g/mol. The Morgan fingerprint density at radius 3 is 2.84 bits per heavy atom. The van der Waals surface area contributed by atoms with E-state index in [1.54, 1.807) is 12.1 Å². The van der Waals surface area contributed by atoms with Crippen LogP contribution in [0.15, 0.2) is 18.2 Å². The van der Waals surface area contributed by atoms with Gasteiger partial charge in [-0.05, 0) is 78.5 Å². The highest BCUT2D eigenvalue weighted by atomic mass is 32.2. The lowest BCUT2D eigenvalue weighted by Crippen LogP contribution is -2.44. The summed E-state index contributed by atoms with van der Waals surface area (Å²) in [5.74, 6) is 1.14. The molecule has 0 bridgehead atoms. The second kappa shape index (κ2) is 5.66. The van der Waals surface area contributed by atoms with E-state index in [1.165, 1.54) is 5.56 Å². The molecule has 6 atom stereocenters. The molecular formula is C18H24FNO4S. The van der Waals surface area contributed by atoms with E-state index in [1.807, 2.05) is 13.0 Å². The summed E-state index contributed by atoms with van der Waals surface area (Å²) in [5.41, 5.74) is 1.97. The first-order valence-corrected chi connectivity index (χ1v) is 10.3. The van der Waals surface area contributed by atoms with Crippen LogP contribution in [0.5, 0.6) is 5.75 Å². The minimum atomic E-state index is -4.03. The summed E-state index contributed by atoms with van der Waals surface area (Å²) in [6, 6.07) is 5.32. The van der Waals surface area contributed by atoms with Crippen molar-refractivity contribution in [3.63, 3.8) is 0 Å². The lowest BCUT2D eigenvalue weighted by molar-refractivity contribution is -0.0365. The number of fused-ring (bicyclic) bond motifs is 5. The average Bonchev–Trinajstić information content (AvgIpc) is 2.76. The fourth-order valence-corrected chi connectivity index (χ4v) is 6.06. The van der Waals surface area contributed by atoms with E-state index in [4.69, 9.17) is 9.32 Å². The predicted molar refractivity (Wildman–Crippen MR) is 91.1 cm³/mol. The summed E-state index contributed by atoms with van der Waals surface area (Å²) in [5, 5.41) is 15.3. The van der Waals surface area contributed by atoms with Crippen molar-refractivity contribution >= 4 is 10.3 Å². The van der Waals surface area contributed by atoms with Crippen LogP contribution < -0.4 is 9.32 Å². The zero-order valence-electron chi connectivity index (χ0n) is 14.2. The van der Waals surface area contributed by atoms with Crippen molar-refractivity contribution < 1.29 is 22.1 Å².